The first-order chi connectivity index (χ1) is 15.9. The molecule has 1 amide bonds. The average Bonchev–Trinajstić information content (AvgIpc) is 3.42. The van der Waals surface area contributed by atoms with Gasteiger partial charge in [-0.2, -0.15) is 0 Å². The molecule has 6 nitrogen and oxygen atoms in total. The Bertz CT molecular complexity index is 1380. The summed E-state index contributed by atoms with van der Waals surface area (Å²) >= 11 is 13.0. The summed E-state index contributed by atoms with van der Waals surface area (Å²) in [6.07, 6.45) is 5.47. The van der Waals surface area contributed by atoms with Crippen molar-refractivity contribution in [1.29, 1.82) is 0 Å². The summed E-state index contributed by atoms with van der Waals surface area (Å²) in [5.41, 5.74) is 2.60. The molecule has 4 heterocycles. The Morgan fingerprint density at radius 1 is 1.15 bits per heavy atom. The molecule has 1 aromatic carbocycles. The van der Waals surface area contributed by atoms with Gasteiger partial charge in [-0.15, -0.1) is 0 Å². The molecule has 0 unspecified atom stereocenters. The van der Waals surface area contributed by atoms with Gasteiger partial charge in [-0.3, -0.25) is 18.9 Å². The highest BCUT2D eigenvalue weighted by atomic mass is 35.5. The van der Waals surface area contributed by atoms with E-state index in [1.165, 1.54) is 16.7 Å². The molecule has 2 aliphatic rings. The van der Waals surface area contributed by atoms with Crippen molar-refractivity contribution in [1.82, 2.24) is 14.3 Å². The molecule has 2 aliphatic heterocycles. The molecule has 5 rings (SSSR count). The quantitative estimate of drug-likeness (QED) is 0.387. The first-order valence-corrected chi connectivity index (χ1v) is 12.3. The average molecular weight is 497 g/mol. The highest BCUT2D eigenvalue weighted by Crippen LogP contribution is 2.35. The number of anilines is 1. The Balaban J connectivity index is 1.58. The van der Waals surface area contributed by atoms with Crippen molar-refractivity contribution in [2.24, 2.45) is 0 Å². The van der Waals surface area contributed by atoms with Gasteiger partial charge >= 0.3 is 0 Å². The van der Waals surface area contributed by atoms with E-state index >= 15 is 0 Å². The normalized spacial score (nSPS) is 17.7. The third kappa shape index (κ3) is 4.07. The molecule has 2 fully saturated rings. The van der Waals surface area contributed by atoms with E-state index in [2.05, 4.69) is 4.90 Å². The van der Waals surface area contributed by atoms with Crippen LogP contribution >= 0.6 is 35.6 Å². The van der Waals surface area contributed by atoms with Crippen LogP contribution in [0.25, 0.3) is 11.7 Å². The second kappa shape index (κ2) is 8.93. The molecule has 0 saturated carbocycles. The van der Waals surface area contributed by atoms with Crippen molar-refractivity contribution < 1.29 is 4.79 Å². The van der Waals surface area contributed by atoms with Gasteiger partial charge in [0, 0.05) is 24.3 Å². The highest BCUT2D eigenvalue weighted by molar-refractivity contribution is 8.26. The monoisotopic (exact) mass is 496 g/mol. The Labute approximate surface area is 205 Å². The predicted molar refractivity (Wildman–Crippen MR) is 138 cm³/mol. The Morgan fingerprint density at radius 2 is 1.91 bits per heavy atom. The smallest absolute Gasteiger partial charge is 0.267 e. The van der Waals surface area contributed by atoms with Crippen LogP contribution in [0, 0.1) is 6.92 Å². The summed E-state index contributed by atoms with van der Waals surface area (Å²) in [6.45, 7) is 3.90. The minimum Gasteiger partial charge on any atom is -0.356 e. The molecule has 0 atom stereocenters. The molecule has 168 valence electrons. The number of benzene rings is 1. The second-order valence-corrected chi connectivity index (χ2v) is 10.2. The zero-order chi connectivity index (χ0) is 23.1. The van der Waals surface area contributed by atoms with E-state index in [9.17, 15) is 9.59 Å². The number of aryl methyl sites for hydroxylation is 1. The summed E-state index contributed by atoms with van der Waals surface area (Å²) in [4.78, 5) is 35.7. The van der Waals surface area contributed by atoms with Crippen LogP contribution in [0.4, 0.5) is 5.82 Å². The van der Waals surface area contributed by atoms with E-state index in [1.54, 1.807) is 22.7 Å². The molecule has 0 N–H and O–H groups in total. The fraction of sp³-hybridized carbons (Fsp3) is 0.250. The Hall–Kier alpha value is -2.68. The molecule has 0 spiro atoms. The van der Waals surface area contributed by atoms with Gasteiger partial charge in [0.1, 0.15) is 15.8 Å². The topological polar surface area (TPSA) is 57.9 Å². The lowest BCUT2D eigenvalue weighted by molar-refractivity contribution is -0.122. The van der Waals surface area contributed by atoms with Gasteiger partial charge in [0.25, 0.3) is 11.5 Å². The minimum atomic E-state index is -0.231. The second-order valence-electron chi connectivity index (χ2n) is 8.09. The molecular formula is C24H21ClN4O2S2. The number of carbonyl (C=O) groups is 1. The molecule has 2 saturated heterocycles. The zero-order valence-corrected chi connectivity index (χ0v) is 20.3. The number of amides is 1. The van der Waals surface area contributed by atoms with Gasteiger partial charge in [-0.25, -0.2) is 4.98 Å². The number of thioether (sulfide) groups is 1. The van der Waals surface area contributed by atoms with Crippen LogP contribution < -0.4 is 10.5 Å². The van der Waals surface area contributed by atoms with Crippen molar-refractivity contribution in [3.8, 4) is 0 Å². The van der Waals surface area contributed by atoms with Crippen LogP contribution in [0.1, 0.15) is 29.5 Å². The summed E-state index contributed by atoms with van der Waals surface area (Å²) in [6, 6.07) is 11.1. The van der Waals surface area contributed by atoms with Crippen molar-refractivity contribution in [3.05, 3.63) is 79.6 Å². The molecule has 9 heteroatoms. The standard InChI is InChI=1S/C24H21ClN4O2S2/c1-15-7-6-12-28-20(15)26-21(27-10-4-5-11-27)17(22(28)30)13-19-23(31)29(24(32)33-19)14-16-8-2-3-9-18(16)25/h2-3,6-9,12-13H,4-5,10-11,14H2,1H3. The van der Waals surface area contributed by atoms with Crippen LogP contribution in [0.2, 0.25) is 5.02 Å². The van der Waals surface area contributed by atoms with Crippen molar-refractivity contribution in [2.45, 2.75) is 26.3 Å². The summed E-state index contributed by atoms with van der Waals surface area (Å²) < 4.78 is 1.99. The zero-order valence-electron chi connectivity index (χ0n) is 18.0. The maximum absolute atomic E-state index is 13.5. The van der Waals surface area contributed by atoms with Crippen molar-refractivity contribution in [2.75, 3.05) is 18.0 Å². The highest BCUT2D eigenvalue weighted by Gasteiger charge is 2.33. The van der Waals surface area contributed by atoms with Gasteiger partial charge in [0.2, 0.25) is 0 Å². The number of rotatable bonds is 4. The van der Waals surface area contributed by atoms with Crippen molar-refractivity contribution >= 4 is 63.3 Å². The Morgan fingerprint density at radius 3 is 2.67 bits per heavy atom. The van der Waals surface area contributed by atoms with E-state index in [4.69, 9.17) is 28.8 Å². The number of thiocarbonyl (C=S) groups is 1. The third-order valence-corrected chi connectivity index (χ3v) is 7.65. The fourth-order valence-corrected chi connectivity index (χ4v) is 5.59. The van der Waals surface area contributed by atoms with E-state index in [0.29, 0.717) is 31.3 Å². The molecule has 2 aromatic heterocycles. The van der Waals surface area contributed by atoms with Crippen LogP contribution in [0.3, 0.4) is 0 Å². The molecular weight excluding hydrogens is 476 g/mol. The van der Waals surface area contributed by atoms with Crippen LogP contribution in [0.5, 0.6) is 0 Å². The molecule has 33 heavy (non-hydrogen) atoms. The van der Waals surface area contributed by atoms with E-state index < -0.39 is 0 Å². The number of fused-ring (bicyclic) bond motifs is 1. The molecule has 3 aromatic rings. The van der Waals surface area contributed by atoms with Crippen LogP contribution in [-0.2, 0) is 11.3 Å². The number of carbonyl (C=O) groups excluding carboxylic acids is 1. The molecule has 0 bridgehead atoms. The first-order valence-electron chi connectivity index (χ1n) is 10.7. The lowest BCUT2D eigenvalue weighted by Gasteiger charge is -2.20. The maximum atomic E-state index is 13.5. The van der Waals surface area contributed by atoms with Crippen LogP contribution in [0.15, 0.2) is 52.3 Å². The fourth-order valence-electron chi connectivity index (χ4n) is 4.16. The van der Waals surface area contributed by atoms with E-state index in [0.717, 1.165) is 37.1 Å². The largest absolute Gasteiger partial charge is 0.356 e. The molecule has 0 aliphatic carbocycles. The number of hydrogen-bond donors (Lipinski definition) is 0. The lowest BCUT2D eigenvalue weighted by atomic mass is 10.2. The van der Waals surface area contributed by atoms with Gasteiger partial charge in [-0.1, -0.05) is 59.8 Å². The third-order valence-electron chi connectivity index (χ3n) is 5.91. The minimum absolute atomic E-state index is 0.193. The lowest BCUT2D eigenvalue weighted by Crippen LogP contribution is -2.28. The van der Waals surface area contributed by atoms with E-state index in [1.807, 2.05) is 37.3 Å². The number of aromatic nitrogens is 2. The number of halogens is 1. The Kier molecular flexibility index (Phi) is 5.99. The van der Waals surface area contributed by atoms with Gasteiger partial charge in [0.15, 0.2) is 0 Å². The number of hydrogen-bond acceptors (Lipinski definition) is 6. The first kappa shape index (κ1) is 22.1. The van der Waals surface area contributed by atoms with Gasteiger partial charge in [0.05, 0.1) is 17.0 Å². The number of nitrogens with zero attached hydrogens (tertiary/aromatic N) is 4. The van der Waals surface area contributed by atoms with Crippen LogP contribution in [-0.4, -0.2) is 37.6 Å². The van der Waals surface area contributed by atoms with Gasteiger partial charge < -0.3 is 4.90 Å². The molecule has 0 radical (unpaired) electrons. The van der Waals surface area contributed by atoms with E-state index in [-0.39, 0.29) is 18.0 Å². The predicted octanol–water partition coefficient (Wildman–Crippen LogP) is 4.66. The summed E-state index contributed by atoms with van der Waals surface area (Å²) in [5.74, 6) is 0.397. The maximum Gasteiger partial charge on any atom is 0.267 e. The summed E-state index contributed by atoms with van der Waals surface area (Å²) in [7, 11) is 0. The van der Waals surface area contributed by atoms with Crippen molar-refractivity contribution in [3.63, 3.8) is 0 Å². The SMILES string of the molecule is Cc1cccn2c(=O)c(C=C3SC(=S)N(Cc4ccccc4Cl)C3=O)c(N3CCCC3)nc12. The van der Waals surface area contributed by atoms with Gasteiger partial charge in [-0.05, 0) is 49.1 Å². The summed E-state index contributed by atoms with van der Waals surface area (Å²) in [5, 5.41) is 0.583. The number of pyridine rings is 1.